The molecule has 1 heterocycles. The van der Waals surface area contributed by atoms with Gasteiger partial charge in [-0.25, -0.2) is 4.98 Å². The molecule has 1 unspecified atom stereocenters. The molecule has 1 rings (SSSR count). The zero-order chi connectivity index (χ0) is 13.7. The molecule has 0 aliphatic carbocycles. The molecule has 0 bridgehead atoms. The highest BCUT2D eigenvalue weighted by atomic mass is 16.4. The van der Waals surface area contributed by atoms with Crippen molar-refractivity contribution in [1.82, 2.24) is 4.98 Å². The second-order valence-electron chi connectivity index (χ2n) is 4.39. The number of nitrogens with one attached hydrogen (secondary N) is 1. The third-order valence-electron chi connectivity index (χ3n) is 2.63. The Morgan fingerprint density at radius 2 is 2.28 bits per heavy atom. The highest BCUT2D eigenvalue weighted by Crippen LogP contribution is 2.19. The van der Waals surface area contributed by atoms with Gasteiger partial charge in [0.25, 0.3) is 0 Å². The fraction of sp³-hybridized carbons (Fsp3) is 0.462. The van der Waals surface area contributed by atoms with Gasteiger partial charge in [-0.1, -0.05) is 0 Å². The maximum absolute atomic E-state index is 10.5. The summed E-state index contributed by atoms with van der Waals surface area (Å²) in [6, 6.07) is 3.93. The molecule has 0 saturated heterocycles. The molecule has 1 aromatic heterocycles. The van der Waals surface area contributed by atoms with E-state index in [1.165, 1.54) is 0 Å². The third kappa shape index (κ3) is 3.74. The van der Waals surface area contributed by atoms with Crippen LogP contribution in [0.25, 0.3) is 0 Å². The first-order valence-electron chi connectivity index (χ1n) is 5.80. The lowest BCUT2D eigenvalue weighted by molar-refractivity contribution is -0.137. The summed E-state index contributed by atoms with van der Waals surface area (Å²) in [6.07, 6.45) is 0.593. The van der Waals surface area contributed by atoms with E-state index in [9.17, 15) is 4.79 Å². The molecular weight excluding hydrogens is 230 g/mol. The van der Waals surface area contributed by atoms with Crippen molar-refractivity contribution < 1.29 is 9.90 Å². The number of nitrogens with zero attached hydrogens (tertiary/aromatic N) is 2. The third-order valence-corrected chi connectivity index (χ3v) is 2.63. The average Bonchev–Trinajstić information content (AvgIpc) is 2.26. The van der Waals surface area contributed by atoms with Gasteiger partial charge in [0.2, 0.25) is 0 Å². The molecule has 18 heavy (non-hydrogen) atoms. The Hall–Kier alpha value is -2.09. The number of nitriles is 1. The lowest BCUT2D eigenvalue weighted by atomic mass is 10.1. The summed E-state index contributed by atoms with van der Waals surface area (Å²) in [7, 11) is 0. The van der Waals surface area contributed by atoms with Crippen LogP contribution in [0.15, 0.2) is 6.07 Å². The number of anilines is 1. The molecule has 0 radical (unpaired) electrons. The van der Waals surface area contributed by atoms with Crippen molar-refractivity contribution >= 4 is 11.8 Å². The fourth-order valence-corrected chi connectivity index (χ4v) is 1.73. The van der Waals surface area contributed by atoms with Crippen LogP contribution in [0.5, 0.6) is 0 Å². The Morgan fingerprint density at radius 3 is 2.83 bits per heavy atom. The number of pyridine rings is 1. The van der Waals surface area contributed by atoms with Gasteiger partial charge in [-0.2, -0.15) is 5.26 Å². The minimum Gasteiger partial charge on any atom is -0.481 e. The molecule has 0 aromatic carbocycles. The van der Waals surface area contributed by atoms with E-state index in [2.05, 4.69) is 16.4 Å². The Bertz CT molecular complexity index is 492. The van der Waals surface area contributed by atoms with Crippen LogP contribution >= 0.6 is 0 Å². The van der Waals surface area contributed by atoms with E-state index in [0.717, 1.165) is 11.3 Å². The zero-order valence-electron chi connectivity index (χ0n) is 10.8. The van der Waals surface area contributed by atoms with Crippen LogP contribution < -0.4 is 5.32 Å². The molecule has 1 aromatic rings. The minimum absolute atomic E-state index is 0.0399. The van der Waals surface area contributed by atoms with E-state index in [1.54, 1.807) is 0 Å². The molecule has 5 heteroatoms. The quantitative estimate of drug-likeness (QED) is 0.833. The smallest absolute Gasteiger partial charge is 0.303 e. The highest BCUT2D eigenvalue weighted by molar-refractivity contribution is 5.66. The minimum atomic E-state index is -0.822. The number of carbonyl (C=O) groups is 1. The van der Waals surface area contributed by atoms with Gasteiger partial charge in [0.15, 0.2) is 0 Å². The van der Waals surface area contributed by atoms with Crippen molar-refractivity contribution in [3.05, 3.63) is 22.9 Å². The summed E-state index contributed by atoms with van der Waals surface area (Å²) in [5, 5.41) is 20.8. The number of aryl methyl sites for hydroxylation is 2. The number of rotatable bonds is 5. The van der Waals surface area contributed by atoms with Crippen molar-refractivity contribution in [1.29, 1.82) is 5.26 Å². The van der Waals surface area contributed by atoms with Crippen molar-refractivity contribution in [3.63, 3.8) is 0 Å². The van der Waals surface area contributed by atoms with Crippen molar-refractivity contribution in [2.24, 2.45) is 0 Å². The monoisotopic (exact) mass is 247 g/mol. The summed E-state index contributed by atoms with van der Waals surface area (Å²) in [5.41, 5.74) is 2.22. The highest BCUT2D eigenvalue weighted by Gasteiger charge is 2.12. The molecule has 0 fully saturated rings. The van der Waals surface area contributed by atoms with Crippen LogP contribution in [0.2, 0.25) is 0 Å². The van der Waals surface area contributed by atoms with Gasteiger partial charge in [-0.3, -0.25) is 4.79 Å². The molecule has 1 atom stereocenters. The number of carboxylic acid groups (broad SMARTS) is 1. The standard InChI is InChI=1S/C13H17N3O2/c1-8-6-10(3)16-13(11(8)7-14)15-9(2)4-5-12(17)18/h6,9H,4-5H2,1-3H3,(H,15,16)(H,17,18). The molecule has 5 nitrogen and oxygen atoms in total. The van der Waals surface area contributed by atoms with Gasteiger partial charge >= 0.3 is 5.97 Å². The number of hydrogen-bond acceptors (Lipinski definition) is 4. The van der Waals surface area contributed by atoms with E-state index in [4.69, 9.17) is 10.4 Å². The van der Waals surface area contributed by atoms with E-state index >= 15 is 0 Å². The summed E-state index contributed by atoms with van der Waals surface area (Å²) in [4.78, 5) is 14.8. The number of aromatic nitrogens is 1. The van der Waals surface area contributed by atoms with Gasteiger partial charge in [0.1, 0.15) is 11.9 Å². The predicted octanol–water partition coefficient (Wildman–Crippen LogP) is 2.24. The Labute approximate surface area is 106 Å². The molecule has 96 valence electrons. The second-order valence-corrected chi connectivity index (χ2v) is 4.39. The normalized spacial score (nSPS) is 11.7. The van der Waals surface area contributed by atoms with Crippen LogP contribution in [0.3, 0.4) is 0 Å². The van der Waals surface area contributed by atoms with Crippen molar-refractivity contribution in [2.45, 2.75) is 39.7 Å². The lowest BCUT2D eigenvalue weighted by Crippen LogP contribution is -2.18. The van der Waals surface area contributed by atoms with Crippen LogP contribution in [0, 0.1) is 25.2 Å². The number of carboxylic acids is 1. The van der Waals surface area contributed by atoms with E-state index in [0.29, 0.717) is 17.8 Å². The first kappa shape index (κ1) is 14.0. The summed E-state index contributed by atoms with van der Waals surface area (Å²) in [5.74, 6) is -0.287. The van der Waals surface area contributed by atoms with Crippen LogP contribution in [-0.4, -0.2) is 22.1 Å². The first-order valence-corrected chi connectivity index (χ1v) is 5.80. The molecular formula is C13H17N3O2. The Morgan fingerprint density at radius 1 is 1.61 bits per heavy atom. The number of aliphatic carboxylic acids is 1. The zero-order valence-corrected chi connectivity index (χ0v) is 10.8. The molecule has 0 spiro atoms. The maximum Gasteiger partial charge on any atom is 0.303 e. The molecule has 0 saturated carbocycles. The molecule has 2 N–H and O–H groups in total. The van der Waals surface area contributed by atoms with E-state index in [1.807, 2.05) is 26.8 Å². The van der Waals surface area contributed by atoms with Gasteiger partial charge in [0.05, 0.1) is 5.56 Å². The van der Waals surface area contributed by atoms with Gasteiger partial charge < -0.3 is 10.4 Å². The Balaban J connectivity index is 2.84. The second kappa shape index (κ2) is 6.01. The van der Waals surface area contributed by atoms with Gasteiger partial charge in [0, 0.05) is 18.2 Å². The van der Waals surface area contributed by atoms with Crippen molar-refractivity contribution in [2.75, 3.05) is 5.32 Å². The maximum atomic E-state index is 10.5. The largest absolute Gasteiger partial charge is 0.481 e. The molecule has 0 amide bonds. The molecule has 0 aliphatic rings. The summed E-state index contributed by atoms with van der Waals surface area (Å²) < 4.78 is 0. The van der Waals surface area contributed by atoms with Gasteiger partial charge in [-0.15, -0.1) is 0 Å². The SMILES string of the molecule is Cc1cc(C)c(C#N)c(NC(C)CCC(=O)O)n1. The van der Waals surface area contributed by atoms with Crippen LogP contribution in [0.4, 0.5) is 5.82 Å². The van der Waals surface area contributed by atoms with Crippen molar-refractivity contribution in [3.8, 4) is 6.07 Å². The van der Waals surface area contributed by atoms with Crippen LogP contribution in [-0.2, 0) is 4.79 Å². The van der Waals surface area contributed by atoms with E-state index < -0.39 is 5.97 Å². The van der Waals surface area contributed by atoms with Gasteiger partial charge in [-0.05, 0) is 38.8 Å². The summed E-state index contributed by atoms with van der Waals surface area (Å²) >= 11 is 0. The van der Waals surface area contributed by atoms with Crippen LogP contribution in [0.1, 0.15) is 36.6 Å². The fourth-order valence-electron chi connectivity index (χ4n) is 1.73. The molecule has 0 aliphatic heterocycles. The number of hydrogen-bond donors (Lipinski definition) is 2. The first-order chi connectivity index (χ1) is 8.43. The topological polar surface area (TPSA) is 86.0 Å². The summed E-state index contributed by atoms with van der Waals surface area (Å²) in [6.45, 7) is 5.60. The lowest BCUT2D eigenvalue weighted by Gasteiger charge is -2.16. The average molecular weight is 247 g/mol. The predicted molar refractivity (Wildman–Crippen MR) is 68.4 cm³/mol. The van der Waals surface area contributed by atoms with E-state index in [-0.39, 0.29) is 12.5 Å². The Kier molecular flexibility index (Phi) is 4.67.